The van der Waals surface area contributed by atoms with Gasteiger partial charge in [-0.15, -0.1) is 0 Å². The molecule has 1 aliphatic heterocycles. The molecule has 19 heavy (non-hydrogen) atoms. The Morgan fingerprint density at radius 2 is 2.26 bits per heavy atom. The Morgan fingerprint density at radius 1 is 1.47 bits per heavy atom. The second-order valence-electron chi connectivity index (χ2n) is 5.99. The van der Waals surface area contributed by atoms with Crippen LogP contribution in [0.25, 0.3) is 0 Å². The van der Waals surface area contributed by atoms with Gasteiger partial charge in [0.2, 0.25) is 5.13 Å². The van der Waals surface area contributed by atoms with E-state index in [9.17, 15) is 0 Å². The molecule has 1 aromatic heterocycles. The highest BCUT2D eigenvalue weighted by Crippen LogP contribution is 2.24. The summed E-state index contributed by atoms with van der Waals surface area (Å²) >= 11 is 1.41. The third-order valence-electron chi connectivity index (χ3n) is 2.90. The molecule has 0 saturated carbocycles. The molecule has 0 aromatic carbocycles. The first-order valence-electron chi connectivity index (χ1n) is 6.93. The van der Waals surface area contributed by atoms with Gasteiger partial charge in [-0.25, -0.2) is 4.98 Å². The summed E-state index contributed by atoms with van der Waals surface area (Å²) < 4.78 is 10.2. The summed E-state index contributed by atoms with van der Waals surface area (Å²) in [6.07, 6.45) is 1.20. The molecule has 2 rings (SSSR count). The fraction of sp³-hybridized carbons (Fsp3) is 0.846. The lowest BCUT2D eigenvalue weighted by Crippen LogP contribution is -2.39. The van der Waals surface area contributed by atoms with E-state index in [1.807, 2.05) is 0 Å². The van der Waals surface area contributed by atoms with Gasteiger partial charge in [-0.3, -0.25) is 4.90 Å². The van der Waals surface area contributed by atoms with Crippen molar-refractivity contribution in [2.45, 2.75) is 45.8 Å². The molecule has 1 N–H and O–H groups in total. The van der Waals surface area contributed by atoms with Crippen molar-refractivity contribution >= 4 is 16.7 Å². The molecule has 1 aliphatic rings. The summed E-state index contributed by atoms with van der Waals surface area (Å²) in [5.41, 5.74) is 0.0124. The number of ether oxygens (including phenoxy) is 1. The zero-order chi connectivity index (χ0) is 13.9. The molecule has 1 aromatic rings. The summed E-state index contributed by atoms with van der Waals surface area (Å²) in [7, 11) is 0. The largest absolute Gasteiger partial charge is 0.367 e. The van der Waals surface area contributed by atoms with Crippen LogP contribution in [0.3, 0.4) is 0 Å². The highest BCUT2D eigenvalue weighted by atomic mass is 32.1. The smallest absolute Gasteiger partial charge is 0.203 e. The molecule has 0 radical (unpaired) electrons. The maximum atomic E-state index is 5.80. The van der Waals surface area contributed by atoms with Crippen LogP contribution in [0, 0.1) is 0 Å². The van der Waals surface area contributed by atoms with Gasteiger partial charge < -0.3 is 10.1 Å². The van der Waals surface area contributed by atoms with Crippen LogP contribution in [0.15, 0.2) is 0 Å². The quantitative estimate of drug-likeness (QED) is 0.920. The average Bonchev–Trinajstić information content (AvgIpc) is 2.76. The third-order valence-corrected chi connectivity index (χ3v) is 3.55. The number of hydrogen-bond donors (Lipinski definition) is 1. The molecule has 6 heteroatoms. The van der Waals surface area contributed by atoms with Crippen LogP contribution in [-0.4, -0.2) is 46.0 Å². The number of aromatic nitrogens is 2. The number of nitrogens with one attached hydrogen (secondary N) is 1. The highest BCUT2D eigenvalue weighted by molar-refractivity contribution is 7.09. The average molecular weight is 284 g/mol. The van der Waals surface area contributed by atoms with Crippen LogP contribution < -0.4 is 5.32 Å². The van der Waals surface area contributed by atoms with Crippen LogP contribution in [0.2, 0.25) is 0 Å². The normalized spacial score (nSPS) is 21.6. The van der Waals surface area contributed by atoms with E-state index in [1.165, 1.54) is 18.0 Å². The van der Waals surface area contributed by atoms with Gasteiger partial charge in [-0.05, 0) is 33.7 Å². The van der Waals surface area contributed by atoms with Crippen molar-refractivity contribution in [2.75, 3.05) is 31.6 Å². The van der Waals surface area contributed by atoms with Crippen molar-refractivity contribution in [3.05, 3.63) is 5.82 Å². The summed E-state index contributed by atoms with van der Waals surface area (Å²) in [4.78, 5) is 6.98. The topological polar surface area (TPSA) is 50.3 Å². The molecule has 0 amide bonds. The Balaban J connectivity index is 1.98. The maximum Gasteiger partial charge on any atom is 0.203 e. The van der Waals surface area contributed by atoms with Crippen LogP contribution in [0.4, 0.5) is 5.13 Å². The maximum absolute atomic E-state index is 5.80. The lowest BCUT2D eigenvalue weighted by molar-refractivity contribution is -0.0336. The van der Waals surface area contributed by atoms with Gasteiger partial charge in [0.15, 0.2) is 5.82 Å². The molecule has 108 valence electrons. The molecular weight excluding hydrogens is 260 g/mol. The van der Waals surface area contributed by atoms with Gasteiger partial charge in [0, 0.05) is 30.2 Å². The molecule has 0 bridgehead atoms. The number of anilines is 1. The monoisotopic (exact) mass is 284 g/mol. The summed E-state index contributed by atoms with van der Waals surface area (Å²) in [6, 6.07) is 0. The first kappa shape index (κ1) is 14.7. The third kappa shape index (κ3) is 4.40. The Labute approximate surface area is 119 Å². The van der Waals surface area contributed by atoms with E-state index < -0.39 is 0 Å². The van der Waals surface area contributed by atoms with E-state index in [2.05, 4.69) is 47.3 Å². The van der Waals surface area contributed by atoms with Gasteiger partial charge in [0.05, 0.1) is 6.61 Å². The Hall–Kier alpha value is -0.720. The van der Waals surface area contributed by atoms with E-state index >= 15 is 0 Å². The van der Waals surface area contributed by atoms with Crippen LogP contribution in [0.1, 0.15) is 46.0 Å². The van der Waals surface area contributed by atoms with Gasteiger partial charge in [-0.1, -0.05) is 6.92 Å². The standard InChI is InChI=1S/C13H24N4OS/c1-5-6-17-7-8-18-10(9-17)11-14-12(19-16-11)15-13(2,3)4/h10H,5-9H2,1-4H3,(H,14,15,16). The Morgan fingerprint density at radius 3 is 2.95 bits per heavy atom. The zero-order valence-corrected chi connectivity index (χ0v) is 13.1. The molecule has 2 heterocycles. The number of hydrogen-bond acceptors (Lipinski definition) is 6. The van der Waals surface area contributed by atoms with Crippen molar-refractivity contribution < 1.29 is 4.74 Å². The minimum Gasteiger partial charge on any atom is -0.367 e. The van der Waals surface area contributed by atoms with Crippen LogP contribution in [-0.2, 0) is 4.74 Å². The van der Waals surface area contributed by atoms with Crippen LogP contribution >= 0.6 is 11.5 Å². The van der Waals surface area contributed by atoms with E-state index in [0.717, 1.165) is 37.2 Å². The van der Waals surface area contributed by atoms with Crippen molar-refractivity contribution in [2.24, 2.45) is 0 Å². The van der Waals surface area contributed by atoms with Gasteiger partial charge in [0.1, 0.15) is 6.10 Å². The number of nitrogens with zero attached hydrogens (tertiary/aromatic N) is 3. The molecular formula is C13H24N4OS. The Kier molecular flexibility index (Phi) is 4.76. The second-order valence-corrected chi connectivity index (χ2v) is 6.74. The zero-order valence-electron chi connectivity index (χ0n) is 12.3. The SMILES string of the molecule is CCCN1CCOC(c2nsc(NC(C)(C)C)n2)C1. The fourth-order valence-electron chi connectivity index (χ4n) is 2.12. The number of rotatable bonds is 4. The molecule has 0 spiro atoms. The number of morpholine rings is 1. The molecule has 0 aliphatic carbocycles. The lowest BCUT2D eigenvalue weighted by atomic mass is 10.1. The Bertz CT molecular complexity index is 400. The van der Waals surface area contributed by atoms with Crippen molar-refractivity contribution in [1.82, 2.24) is 14.3 Å². The summed E-state index contributed by atoms with van der Waals surface area (Å²) in [5.74, 6) is 0.817. The predicted octanol–water partition coefficient (Wildman–Crippen LogP) is 2.53. The van der Waals surface area contributed by atoms with E-state index in [0.29, 0.717) is 0 Å². The van der Waals surface area contributed by atoms with E-state index in [-0.39, 0.29) is 11.6 Å². The fourth-order valence-corrected chi connectivity index (χ4v) is 2.94. The molecule has 1 unspecified atom stereocenters. The van der Waals surface area contributed by atoms with Gasteiger partial charge in [-0.2, -0.15) is 4.37 Å². The highest BCUT2D eigenvalue weighted by Gasteiger charge is 2.25. The minimum atomic E-state index is 0.0124. The van der Waals surface area contributed by atoms with Crippen molar-refractivity contribution in [3.63, 3.8) is 0 Å². The first-order valence-corrected chi connectivity index (χ1v) is 7.71. The van der Waals surface area contributed by atoms with Gasteiger partial charge in [0.25, 0.3) is 0 Å². The predicted molar refractivity (Wildman–Crippen MR) is 78.7 cm³/mol. The summed E-state index contributed by atoms with van der Waals surface area (Å²) in [6.45, 7) is 12.4. The molecule has 1 atom stereocenters. The second kappa shape index (κ2) is 6.15. The van der Waals surface area contributed by atoms with Gasteiger partial charge >= 0.3 is 0 Å². The molecule has 1 fully saturated rings. The molecule has 1 saturated heterocycles. The van der Waals surface area contributed by atoms with E-state index in [4.69, 9.17) is 4.74 Å². The summed E-state index contributed by atoms with van der Waals surface area (Å²) in [5, 5.41) is 4.23. The van der Waals surface area contributed by atoms with E-state index in [1.54, 1.807) is 0 Å². The van der Waals surface area contributed by atoms with Crippen molar-refractivity contribution in [3.8, 4) is 0 Å². The lowest BCUT2D eigenvalue weighted by Gasteiger charge is -2.31. The first-order chi connectivity index (χ1) is 8.98. The molecule has 5 nitrogen and oxygen atoms in total. The minimum absolute atomic E-state index is 0.0124. The van der Waals surface area contributed by atoms with Crippen molar-refractivity contribution in [1.29, 1.82) is 0 Å². The van der Waals surface area contributed by atoms with Crippen LogP contribution in [0.5, 0.6) is 0 Å².